The summed E-state index contributed by atoms with van der Waals surface area (Å²) in [6.07, 6.45) is 2.77. The monoisotopic (exact) mass is 298 g/mol. The minimum Gasteiger partial charge on any atom is -0.484 e. The van der Waals surface area contributed by atoms with Crippen LogP contribution in [0.3, 0.4) is 0 Å². The van der Waals surface area contributed by atoms with Gasteiger partial charge in [-0.25, -0.2) is 0 Å². The smallest absolute Gasteiger partial charge is 0.170 e. The van der Waals surface area contributed by atoms with Gasteiger partial charge in [-0.2, -0.15) is 0 Å². The van der Waals surface area contributed by atoms with E-state index < -0.39 is 0 Å². The number of fused-ring (bicyclic) bond motifs is 1. The van der Waals surface area contributed by atoms with E-state index in [0.29, 0.717) is 22.8 Å². The molecule has 1 fully saturated rings. The standard InChI is InChI=1S/C18H15ClO2/c19-14-7-8-17-15(9-14)16(20)10-18(21-17)13-5-3-12(4-6-13)11-1-2-11/h3-9,11,18H,1-2,10H2. The number of rotatable bonds is 2. The van der Waals surface area contributed by atoms with Crippen molar-refractivity contribution in [2.45, 2.75) is 31.3 Å². The van der Waals surface area contributed by atoms with Crippen molar-refractivity contribution < 1.29 is 9.53 Å². The second kappa shape index (κ2) is 4.88. The molecule has 1 saturated carbocycles. The average molecular weight is 299 g/mol. The Bertz CT molecular complexity index is 702. The molecule has 2 aliphatic rings. The average Bonchev–Trinajstić information content (AvgIpc) is 3.33. The lowest BCUT2D eigenvalue weighted by atomic mass is 9.95. The molecule has 1 heterocycles. The number of hydrogen-bond donors (Lipinski definition) is 0. The van der Waals surface area contributed by atoms with Crippen molar-refractivity contribution in [1.29, 1.82) is 0 Å². The van der Waals surface area contributed by atoms with Crippen molar-refractivity contribution in [2.75, 3.05) is 0 Å². The number of halogens is 1. The highest BCUT2D eigenvalue weighted by Gasteiger charge is 2.28. The first-order chi connectivity index (χ1) is 10.2. The van der Waals surface area contributed by atoms with E-state index in [4.69, 9.17) is 16.3 Å². The first kappa shape index (κ1) is 12.9. The Labute approximate surface area is 128 Å². The van der Waals surface area contributed by atoms with Gasteiger partial charge in [0.2, 0.25) is 0 Å². The van der Waals surface area contributed by atoms with E-state index in [1.165, 1.54) is 18.4 Å². The molecule has 0 bridgehead atoms. The Morgan fingerprint density at radius 2 is 1.71 bits per heavy atom. The Kier molecular flexibility index (Phi) is 3.00. The molecule has 106 valence electrons. The van der Waals surface area contributed by atoms with E-state index in [9.17, 15) is 4.79 Å². The lowest BCUT2D eigenvalue weighted by molar-refractivity contribution is 0.0850. The summed E-state index contributed by atoms with van der Waals surface area (Å²) in [6.45, 7) is 0. The van der Waals surface area contributed by atoms with Crippen LogP contribution in [0.1, 0.15) is 52.8 Å². The highest BCUT2D eigenvalue weighted by Crippen LogP contribution is 2.41. The largest absolute Gasteiger partial charge is 0.484 e. The predicted octanol–water partition coefficient (Wildman–Crippen LogP) is 4.92. The van der Waals surface area contributed by atoms with Crippen molar-refractivity contribution in [3.63, 3.8) is 0 Å². The van der Waals surface area contributed by atoms with E-state index in [2.05, 4.69) is 24.3 Å². The predicted molar refractivity (Wildman–Crippen MR) is 82.2 cm³/mol. The van der Waals surface area contributed by atoms with Gasteiger partial charge in [-0.05, 0) is 48.1 Å². The highest BCUT2D eigenvalue weighted by molar-refractivity contribution is 6.31. The minimum atomic E-state index is -0.195. The van der Waals surface area contributed by atoms with Gasteiger partial charge >= 0.3 is 0 Å². The molecule has 0 N–H and O–H groups in total. The lowest BCUT2D eigenvalue weighted by Gasteiger charge is -2.25. The van der Waals surface area contributed by atoms with Crippen LogP contribution in [0.4, 0.5) is 0 Å². The molecule has 0 saturated heterocycles. The highest BCUT2D eigenvalue weighted by atomic mass is 35.5. The van der Waals surface area contributed by atoms with E-state index >= 15 is 0 Å². The van der Waals surface area contributed by atoms with Gasteiger partial charge in [0.1, 0.15) is 11.9 Å². The van der Waals surface area contributed by atoms with Gasteiger partial charge in [-0.1, -0.05) is 35.9 Å². The second-order valence-corrected chi connectivity index (χ2v) is 6.25. The zero-order valence-electron chi connectivity index (χ0n) is 11.5. The van der Waals surface area contributed by atoms with E-state index in [1.807, 2.05) is 0 Å². The topological polar surface area (TPSA) is 26.3 Å². The Morgan fingerprint density at radius 3 is 2.43 bits per heavy atom. The molecular weight excluding hydrogens is 284 g/mol. The second-order valence-electron chi connectivity index (χ2n) is 5.82. The fraction of sp³-hybridized carbons (Fsp3) is 0.278. The van der Waals surface area contributed by atoms with Crippen LogP contribution in [0, 0.1) is 0 Å². The minimum absolute atomic E-state index is 0.0926. The lowest BCUT2D eigenvalue weighted by Crippen LogP contribution is -2.20. The number of ether oxygens (including phenoxy) is 1. The van der Waals surface area contributed by atoms with Crippen LogP contribution in [0.2, 0.25) is 5.02 Å². The number of carbonyl (C=O) groups is 1. The third-order valence-corrected chi connectivity index (χ3v) is 4.47. The normalized spacial score (nSPS) is 20.8. The van der Waals surface area contributed by atoms with Gasteiger partial charge in [0.15, 0.2) is 5.78 Å². The summed E-state index contributed by atoms with van der Waals surface area (Å²) in [7, 11) is 0. The molecule has 2 aromatic carbocycles. The van der Waals surface area contributed by atoms with Crippen molar-refractivity contribution in [2.24, 2.45) is 0 Å². The molecule has 4 rings (SSSR count). The van der Waals surface area contributed by atoms with Crippen LogP contribution in [0.25, 0.3) is 0 Å². The zero-order valence-corrected chi connectivity index (χ0v) is 12.3. The summed E-state index contributed by atoms with van der Waals surface area (Å²) < 4.78 is 5.98. The molecule has 0 amide bonds. The Morgan fingerprint density at radius 1 is 1.00 bits per heavy atom. The zero-order chi connectivity index (χ0) is 14.4. The summed E-state index contributed by atoms with van der Waals surface area (Å²) >= 11 is 5.94. The number of ketones is 1. The first-order valence-corrected chi connectivity index (χ1v) is 7.68. The van der Waals surface area contributed by atoms with Gasteiger partial charge in [-0.3, -0.25) is 4.79 Å². The van der Waals surface area contributed by atoms with Crippen LogP contribution in [0.15, 0.2) is 42.5 Å². The molecule has 0 radical (unpaired) electrons. The molecule has 2 aromatic rings. The first-order valence-electron chi connectivity index (χ1n) is 7.30. The van der Waals surface area contributed by atoms with Gasteiger partial charge < -0.3 is 4.74 Å². The number of benzene rings is 2. The van der Waals surface area contributed by atoms with Crippen molar-refractivity contribution in [1.82, 2.24) is 0 Å². The van der Waals surface area contributed by atoms with Gasteiger partial charge in [0.05, 0.1) is 12.0 Å². The fourth-order valence-corrected chi connectivity index (χ4v) is 3.05. The van der Waals surface area contributed by atoms with Crippen LogP contribution in [0.5, 0.6) is 5.75 Å². The molecule has 0 aromatic heterocycles. The van der Waals surface area contributed by atoms with Crippen LogP contribution in [-0.2, 0) is 0 Å². The molecular formula is C18H15ClO2. The fourth-order valence-electron chi connectivity index (χ4n) is 2.88. The van der Waals surface area contributed by atoms with E-state index in [1.54, 1.807) is 18.2 Å². The van der Waals surface area contributed by atoms with E-state index in [0.717, 1.165) is 11.5 Å². The quantitative estimate of drug-likeness (QED) is 0.786. The molecule has 1 aliphatic carbocycles. The third kappa shape index (κ3) is 2.44. The van der Waals surface area contributed by atoms with Crippen molar-refractivity contribution in [3.8, 4) is 5.75 Å². The van der Waals surface area contributed by atoms with Gasteiger partial charge in [0.25, 0.3) is 0 Å². The maximum absolute atomic E-state index is 12.3. The van der Waals surface area contributed by atoms with Crippen LogP contribution in [-0.4, -0.2) is 5.78 Å². The maximum Gasteiger partial charge on any atom is 0.170 e. The van der Waals surface area contributed by atoms with Gasteiger partial charge in [-0.15, -0.1) is 0 Å². The van der Waals surface area contributed by atoms with Gasteiger partial charge in [0, 0.05) is 5.02 Å². The summed E-state index contributed by atoms with van der Waals surface area (Å²) in [4.78, 5) is 12.3. The number of hydrogen-bond acceptors (Lipinski definition) is 2. The molecule has 3 heteroatoms. The maximum atomic E-state index is 12.3. The molecule has 1 atom stereocenters. The van der Waals surface area contributed by atoms with Crippen LogP contribution >= 0.6 is 11.6 Å². The summed E-state index contributed by atoms with van der Waals surface area (Å²) in [5.41, 5.74) is 3.05. The molecule has 21 heavy (non-hydrogen) atoms. The molecule has 1 aliphatic heterocycles. The Hall–Kier alpha value is -1.80. The number of Topliss-reactive ketones (excluding diaryl/α,β-unsaturated/α-hetero) is 1. The molecule has 0 spiro atoms. The summed E-state index contributed by atoms with van der Waals surface area (Å²) in [5.74, 6) is 1.47. The SMILES string of the molecule is O=C1CC(c2ccc(C3CC3)cc2)Oc2ccc(Cl)cc21. The molecule has 2 nitrogen and oxygen atoms in total. The van der Waals surface area contributed by atoms with Crippen LogP contribution < -0.4 is 4.74 Å². The third-order valence-electron chi connectivity index (χ3n) is 4.24. The summed E-state index contributed by atoms with van der Waals surface area (Å²) in [6, 6.07) is 13.7. The number of carbonyl (C=O) groups excluding carboxylic acids is 1. The summed E-state index contributed by atoms with van der Waals surface area (Å²) in [5, 5.41) is 0.568. The van der Waals surface area contributed by atoms with Crippen molar-refractivity contribution >= 4 is 17.4 Å². The van der Waals surface area contributed by atoms with Crippen molar-refractivity contribution in [3.05, 3.63) is 64.2 Å². The van der Waals surface area contributed by atoms with E-state index in [-0.39, 0.29) is 11.9 Å². The molecule has 1 unspecified atom stereocenters. The Balaban J connectivity index is 1.62.